The minimum Gasteiger partial charge on any atom is -0.476 e. The van der Waals surface area contributed by atoms with Crippen LogP contribution in [0.1, 0.15) is 5.56 Å². The minimum absolute atomic E-state index is 0.183. The lowest BCUT2D eigenvalue weighted by atomic mass is 10.2. The lowest BCUT2D eigenvalue weighted by Gasteiger charge is -1.98. The largest absolute Gasteiger partial charge is 0.476 e. The lowest BCUT2D eigenvalue weighted by Crippen LogP contribution is -1.95. The molecule has 0 atom stereocenters. The zero-order valence-electron chi connectivity index (χ0n) is 6.80. The summed E-state index contributed by atoms with van der Waals surface area (Å²) in [6.07, 6.45) is 0.573. The monoisotopic (exact) mass is 218 g/mol. The van der Waals surface area contributed by atoms with E-state index in [1.54, 1.807) is 0 Å². The number of hydrogen-bond donors (Lipinski definition) is 1. The topological polar surface area (TPSA) is 37.3 Å². The maximum absolute atomic E-state index is 13.1. The van der Waals surface area contributed by atoms with Crippen LogP contribution >= 0.6 is 11.6 Å². The second-order valence-electron chi connectivity index (χ2n) is 2.44. The Balaban J connectivity index is 3.15. The van der Waals surface area contributed by atoms with Crippen molar-refractivity contribution < 1.29 is 18.7 Å². The van der Waals surface area contributed by atoms with Crippen LogP contribution in [0.5, 0.6) is 0 Å². The fourth-order valence-corrected chi connectivity index (χ4v) is 1.01. The lowest BCUT2D eigenvalue weighted by molar-refractivity contribution is -0.134. The summed E-state index contributed by atoms with van der Waals surface area (Å²) in [7, 11) is 0. The van der Waals surface area contributed by atoms with Gasteiger partial charge >= 0.3 is 5.97 Å². The van der Waals surface area contributed by atoms with E-state index in [9.17, 15) is 13.6 Å². The number of halogens is 3. The third kappa shape index (κ3) is 2.29. The van der Waals surface area contributed by atoms with Gasteiger partial charge in [-0.05, 0) is 12.1 Å². The minimum atomic E-state index is -1.75. The van der Waals surface area contributed by atoms with Crippen LogP contribution < -0.4 is 0 Å². The first-order chi connectivity index (χ1) is 6.52. The summed E-state index contributed by atoms with van der Waals surface area (Å²) in [5, 5.41) is 8.02. The number of hydrogen-bond acceptors (Lipinski definition) is 1. The third-order valence-electron chi connectivity index (χ3n) is 1.47. The number of rotatable bonds is 2. The molecule has 0 fully saturated rings. The highest BCUT2D eigenvalue weighted by molar-refractivity contribution is 6.30. The number of benzene rings is 1. The highest BCUT2D eigenvalue weighted by Crippen LogP contribution is 2.20. The molecule has 0 heterocycles. The highest BCUT2D eigenvalue weighted by Gasteiger charge is 2.09. The molecule has 0 amide bonds. The first-order valence-corrected chi connectivity index (χ1v) is 3.94. The van der Waals surface area contributed by atoms with Crippen molar-refractivity contribution in [2.75, 3.05) is 0 Å². The van der Waals surface area contributed by atoms with E-state index >= 15 is 0 Å². The summed E-state index contributed by atoms with van der Waals surface area (Å²) in [5.74, 6) is -4.03. The number of carbonyl (C=O) groups is 1. The van der Waals surface area contributed by atoms with Crippen molar-refractivity contribution in [1.29, 1.82) is 0 Å². The van der Waals surface area contributed by atoms with Crippen LogP contribution in [0.15, 0.2) is 24.0 Å². The van der Waals surface area contributed by atoms with Gasteiger partial charge < -0.3 is 5.11 Å². The van der Waals surface area contributed by atoms with Gasteiger partial charge in [0.15, 0.2) is 0 Å². The predicted octanol–water partition coefficient (Wildman–Crippen LogP) is 2.87. The third-order valence-corrected chi connectivity index (χ3v) is 1.76. The normalized spacial score (nSPS) is 11.5. The maximum Gasteiger partial charge on any atom is 0.364 e. The van der Waals surface area contributed by atoms with E-state index in [0.717, 1.165) is 0 Å². The van der Waals surface area contributed by atoms with Crippen LogP contribution in [-0.2, 0) is 4.79 Å². The number of carboxylic acids is 1. The summed E-state index contributed by atoms with van der Waals surface area (Å²) in [5.41, 5.74) is -0.197. The summed E-state index contributed by atoms with van der Waals surface area (Å²) in [4.78, 5) is 10.1. The Kier molecular flexibility index (Phi) is 3.19. The molecule has 0 aliphatic carbocycles. The van der Waals surface area contributed by atoms with E-state index in [1.807, 2.05) is 0 Å². The van der Waals surface area contributed by atoms with E-state index in [2.05, 4.69) is 0 Å². The van der Waals surface area contributed by atoms with Gasteiger partial charge in [0.05, 0.1) is 5.02 Å². The molecule has 1 rings (SSSR count). The molecule has 14 heavy (non-hydrogen) atoms. The molecule has 0 bridgehead atoms. The summed E-state index contributed by atoms with van der Waals surface area (Å²) >= 11 is 5.40. The predicted molar refractivity (Wildman–Crippen MR) is 48.1 cm³/mol. The smallest absolute Gasteiger partial charge is 0.364 e. The fourth-order valence-electron chi connectivity index (χ4n) is 0.830. The van der Waals surface area contributed by atoms with Crippen molar-refractivity contribution in [2.45, 2.75) is 0 Å². The summed E-state index contributed by atoms with van der Waals surface area (Å²) < 4.78 is 25.7. The van der Waals surface area contributed by atoms with Crippen LogP contribution in [0.3, 0.4) is 0 Å². The van der Waals surface area contributed by atoms with E-state index in [1.165, 1.54) is 18.2 Å². The molecule has 0 aliphatic rings. The van der Waals surface area contributed by atoms with E-state index in [4.69, 9.17) is 16.7 Å². The molecule has 0 aromatic heterocycles. The Hall–Kier alpha value is -1.42. The zero-order chi connectivity index (χ0) is 10.7. The Bertz CT molecular complexity index is 402. The standard InChI is InChI=1S/C9H5ClF2O2/c10-6-3-1-2-5(8(6)12)4-7(11)9(13)14/h1-4H,(H,13,14)/b7-4-. The first-order valence-electron chi connectivity index (χ1n) is 3.57. The molecular formula is C9H5ClF2O2. The highest BCUT2D eigenvalue weighted by atomic mass is 35.5. The summed E-state index contributed by atoms with van der Waals surface area (Å²) in [6, 6.07) is 3.91. The van der Waals surface area contributed by atoms with Crippen molar-refractivity contribution in [3.63, 3.8) is 0 Å². The molecule has 0 unspecified atom stereocenters. The molecule has 0 saturated heterocycles. The molecule has 2 nitrogen and oxygen atoms in total. The van der Waals surface area contributed by atoms with Crippen molar-refractivity contribution in [1.82, 2.24) is 0 Å². The van der Waals surface area contributed by atoms with Crippen molar-refractivity contribution in [2.24, 2.45) is 0 Å². The second kappa shape index (κ2) is 4.19. The molecule has 0 saturated carbocycles. The first kappa shape index (κ1) is 10.7. The average Bonchev–Trinajstić information content (AvgIpc) is 2.12. The summed E-state index contributed by atoms with van der Waals surface area (Å²) in [6.45, 7) is 0. The zero-order valence-corrected chi connectivity index (χ0v) is 7.55. The SMILES string of the molecule is O=C(O)/C(F)=C/c1cccc(Cl)c1F. The molecule has 74 valence electrons. The van der Waals surface area contributed by atoms with Crippen molar-refractivity contribution in [3.8, 4) is 0 Å². The van der Waals surface area contributed by atoms with E-state index in [0.29, 0.717) is 6.08 Å². The van der Waals surface area contributed by atoms with Gasteiger partial charge in [-0.1, -0.05) is 23.7 Å². The average molecular weight is 219 g/mol. The Morgan fingerprint density at radius 2 is 2.14 bits per heavy atom. The molecule has 0 spiro atoms. The van der Waals surface area contributed by atoms with Gasteiger partial charge in [0.2, 0.25) is 5.83 Å². The Labute approximate surface area is 83.4 Å². The van der Waals surface area contributed by atoms with Gasteiger partial charge in [0.25, 0.3) is 0 Å². The van der Waals surface area contributed by atoms with Crippen LogP contribution in [0.2, 0.25) is 5.02 Å². The molecule has 0 radical (unpaired) electrons. The van der Waals surface area contributed by atoms with Gasteiger partial charge in [-0.3, -0.25) is 0 Å². The van der Waals surface area contributed by atoms with E-state index in [-0.39, 0.29) is 10.6 Å². The number of aliphatic carboxylic acids is 1. The quantitative estimate of drug-likeness (QED) is 0.775. The van der Waals surface area contributed by atoms with Crippen molar-refractivity contribution >= 4 is 23.6 Å². The van der Waals surface area contributed by atoms with Crippen LogP contribution in [-0.4, -0.2) is 11.1 Å². The van der Waals surface area contributed by atoms with Crippen LogP contribution in [0.25, 0.3) is 6.08 Å². The fraction of sp³-hybridized carbons (Fsp3) is 0. The molecule has 1 aromatic rings. The molecule has 1 N–H and O–H groups in total. The van der Waals surface area contributed by atoms with Gasteiger partial charge in [-0.2, -0.15) is 4.39 Å². The van der Waals surface area contributed by atoms with E-state index < -0.39 is 17.6 Å². The molecular weight excluding hydrogens is 214 g/mol. The van der Waals surface area contributed by atoms with Crippen molar-refractivity contribution in [3.05, 3.63) is 40.4 Å². The Morgan fingerprint density at radius 1 is 1.50 bits per heavy atom. The molecule has 1 aromatic carbocycles. The number of carboxylic acid groups (broad SMARTS) is 1. The Morgan fingerprint density at radius 3 is 2.71 bits per heavy atom. The van der Waals surface area contributed by atoms with Gasteiger partial charge in [-0.25, -0.2) is 9.18 Å². The van der Waals surface area contributed by atoms with Crippen LogP contribution in [0.4, 0.5) is 8.78 Å². The molecule has 5 heteroatoms. The van der Waals surface area contributed by atoms with Gasteiger partial charge in [0.1, 0.15) is 5.82 Å². The second-order valence-corrected chi connectivity index (χ2v) is 2.85. The maximum atomic E-state index is 13.1. The van der Waals surface area contributed by atoms with Crippen LogP contribution in [0, 0.1) is 5.82 Å². The molecule has 0 aliphatic heterocycles. The van der Waals surface area contributed by atoms with Gasteiger partial charge in [0, 0.05) is 5.56 Å². The van der Waals surface area contributed by atoms with Gasteiger partial charge in [-0.15, -0.1) is 0 Å².